The minimum absolute atomic E-state index is 0.0915. The number of carbonyl (C=O) groups is 2. The number of benzene rings is 1. The van der Waals surface area contributed by atoms with Gasteiger partial charge in [0.05, 0.1) is 62.0 Å². The molecule has 9 heteroatoms. The summed E-state index contributed by atoms with van der Waals surface area (Å²) in [7, 11) is 0. The van der Waals surface area contributed by atoms with Crippen molar-refractivity contribution < 1.29 is 28.5 Å². The van der Waals surface area contributed by atoms with Gasteiger partial charge in [-0.1, -0.05) is 6.07 Å². The summed E-state index contributed by atoms with van der Waals surface area (Å²) in [6.07, 6.45) is 0.366. The highest BCUT2D eigenvalue weighted by atomic mass is 79.9. The SMILES string of the molecule is O=C(c1cccc(C(=O)N(CC2CO2)CC2CO2)c1Br)N(CC1CO1)CC1CO1. The van der Waals surface area contributed by atoms with Crippen molar-refractivity contribution in [2.45, 2.75) is 24.4 Å². The van der Waals surface area contributed by atoms with Crippen molar-refractivity contribution in [1.29, 1.82) is 0 Å². The normalized spacial score (nSPS) is 28.6. The van der Waals surface area contributed by atoms with Crippen molar-refractivity contribution in [3.05, 3.63) is 33.8 Å². The number of ether oxygens (including phenoxy) is 4. The molecule has 2 amide bonds. The summed E-state index contributed by atoms with van der Waals surface area (Å²) in [6, 6.07) is 5.25. The van der Waals surface area contributed by atoms with Crippen molar-refractivity contribution in [2.24, 2.45) is 0 Å². The van der Waals surface area contributed by atoms with Crippen molar-refractivity contribution in [3.63, 3.8) is 0 Å². The van der Waals surface area contributed by atoms with Crippen LogP contribution >= 0.6 is 15.9 Å². The number of epoxide rings is 4. The molecule has 8 nitrogen and oxygen atoms in total. The molecule has 0 radical (unpaired) electrons. The maximum Gasteiger partial charge on any atom is 0.255 e. The quantitative estimate of drug-likeness (QED) is 0.476. The van der Waals surface area contributed by atoms with Crippen LogP contribution in [0.25, 0.3) is 0 Å². The van der Waals surface area contributed by atoms with Gasteiger partial charge in [0.1, 0.15) is 0 Å². The van der Waals surface area contributed by atoms with Crippen molar-refractivity contribution in [2.75, 3.05) is 52.6 Å². The number of nitrogens with zero attached hydrogens (tertiary/aromatic N) is 2. The first-order valence-corrected chi connectivity index (χ1v) is 10.7. The molecule has 1 aromatic carbocycles. The minimum atomic E-state index is -0.125. The lowest BCUT2D eigenvalue weighted by molar-refractivity contribution is 0.0724. The van der Waals surface area contributed by atoms with Gasteiger partial charge in [0, 0.05) is 30.7 Å². The number of amides is 2. The second kappa shape index (κ2) is 7.96. The lowest BCUT2D eigenvalue weighted by atomic mass is 10.1. The molecule has 4 aliphatic rings. The van der Waals surface area contributed by atoms with E-state index in [0.717, 1.165) is 0 Å². The van der Waals surface area contributed by atoms with Gasteiger partial charge < -0.3 is 28.7 Å². The molecule has 4 saturated heterocycles. The lowest BCUT2D eigenvalue weighted by Gasteiger charge is -2.24. The summed E-state index contributed by atoms with van der Waals surface area (Å²) < 4.78 is 21.7. The third kappa shape index (κ3) is 4.97. The van der Waals surface area contributed by atoms with E-state index in [1.54, 1.807) is 28.0 Å². The van der Waals surface area contributed by atoms with Gasteiger partial charge in [-0.15, -0.1) is 0 Å². The Morgan fingerprint density at radius 3 is 1.34 bits per heavy atom. The Kier molecular flexibility index (Phi) is 5.34. The van der Waals surface area contributed by atoms with Crippen LogP contribution in [0, 0.1) is 0 Å². The van der Waals surface area contributed by atoms with Crippen LogP contribution in [-0.2, 0) is 18.9 Å². The fourth-order valence-corrected chi connectivity index (χ4v) is 3.96. The smallest absolute Gasteiger partial charge is 0.255 e. The first kappa shape index (κ1) is 19.4. The number of halogens is 1. The van der Waals surface area contributed by atoms with Gasteiger partial charge in [-0.3, -0.25) is 9.59 Å². The van der Waals surface area contributed by atoms with Gasteiger partial charge >= 0.3 is 0 Å². The van der Waals surface area contributed by atoms with Crippen LogP contribution in [0.4, 0.5) is 0 Å². The predicted octanol–water partition coefficient (Wildman–Crippen LogP) is 0.929. The van der Waals surface area contributed by atoms with Gasteiger partial charge in [0.2, 0.25) is 0 Å². The number of rotatable bonds is 10. The highest BCUT2D eigenvalue weighted by Gasteiger charge is 2.36. The average Bonchev–Trinajstić information content (AvgIpc) is 3.55. The first-order valence-electron chi connectivity index (χ1n) is 9.92. The Bertz CT molecular complexity index is 714. The van der Waals surface area contributed by atoms with Crippen molar-refractivity contribution in [3.8, 4) is 0 Å². The van der Waals surface area contributed by atoms with Gasteiger partial charge in [-0.25, -0.2) is 0 Å². The summed E-state index contributed by atoms with van der Waals surface area (Å²) in [5, 5.41) is 0. The monoisotopic (exact) mass is 466 g/mol. The minimum Gasteiger partial charge on any atom is -0.371 e. The van der Waals surface area contributed by atoms with E-state index in [-0.39, 0.29) is 36.2 Å². The van der Waals surface area contributed by atoms with Gasteiger partial charge in [0.25, 0.3) is 11.8 Å². The number of hydrogen-bond donors (Lipinski definition) is 0. The fraction of sp³-hybridized carbons (Fsp3) is 0.600. The molecule has 0 spiro atoms. The molecule has 4 heterocycles. The summed E-state index contributed by atoms with van der Waals surface area (Å²) >= 11 is 3.53. The van der Waals surface area contributed by atoms with E-state index in [1.165, 1.54) is 0 Å². The number of hydrogen-bond acceptors (Lipinski definition) is 6. The molecule has 4 atom stereocenters. The van der Waals surface area contributed by atoms with Crippen LogP contribution in [0.5, 0.6) is 0 Å². The molecule has 0 N–H and O–H groups in total. The molecular weight excluding hydrogens is 444 g/mol. The molecule has 0 saturated carbocycles. The van der Waals surface area contributed by atoms with Crippen LogP contribution in [0.1, 0.15) is 20.7 Å². The van der Waals surface area contributed by atoms with Crippen molar-refractivity contribution in [1.82, 2.24) is 9.80 Å². The van der Waals surface area contributed by atoms with Crippen LogP contribution in [0.2, 0.25) is 0 Å². The summed E-state index contributed by atoms with van der Waals surface area (Å²) in [4.78, 5) is 30.0. The van der Waals surface area contributed by atoms with Gasteiger partial charge in [-0.05, 0) is 28.1 Å². The highest BCUT2D eigenvalue weighted by molar-refractivity contribution is 9.10. The van der Waals surface area contributed by atoms with Gasteiger partial charge in [-0.2, -0.15) is 0 Å². The average molecular weight is 467 g/mol. The van der Waals surface area contributed by atoms with E-state index >= 15 is 0 Å². The van der Waals surface area contributed by atoms with E-state index in [2.05, 4.69) is 15.9 Å². The van der Waals surface area contributed by atoms with E-state index in [0.29, 0.717) is 68.2 Å². The van der Waals surface area contributed by atoms with Crippen LogP contribution in [-0.4, -0.2) is 98.6 Å². The maximum atomic E-state index is 13.2. The highest BCUT2D eigenvalue weighted by Crippen LogP contribution is 2.27. The summed E-state index contributed by atoms with van der Waals surface area (Å²) in [5.74, 6) is -0.250. The zero-order valence-electron chi connectivity index (χ0n) is 15.9. The zero-order chi connectivity index (χ0) is 20.0. The van der Waals surface area contributed by atoms with Crippen LogP contribution < -0.4 is 0 Å². The molecule has 4 aliphatic heterocycles. The lowest BCUT2D eigenvalue weighted by Crippen LogP contribution is -2.39. The Hall–Kier alpha value is -1.52. The Morgan fingerprint density at radius 2 is 1.07 bits per heavy atom. The molecule has 4 fully saturated rings. The van der Waals surface area contributed by atoms with Crippen LogP contribution in [0.3, 0.4) is 0 Å². The standard InChI is InChI=1S/C20H23BrN2O6/c21-18-16(19(24)22(4-12-8-26-12)5-13-9-27-13)2-1-3-17(18)20(25)23(6-14-10-28-14)7-15-11-29-15/h1-3,12-15H,4-11H2. The third-order valence-corrected chi connectivity index (χ3v) is 6.19. The molecule has 1 aromatic rings. The molecule has 156 valence electrons. The Balaban J connectivity index is 1.35. The maximum absolute atomic E-state index is 13.2. The summed E-state index contributed by atoms with van der Waals surface area (Å²) in [5.41, 5.74) is 0.949. The van der Waals surface area contributed by atoms with E-state index in [4.69, 9.17) is 18.9 Å². The van der Waals surface area contributed by atoms with Gasteiger partial charge in [0.15, 0.2) is 0 Å². The first-order chi connectivity index (χ1) is 14.1. The molecule has 5 rings (SSSR count). The molecular formula is C20H23BrN2O6. The van der Waals surface area contributed by atoms with E-state index in [1.807, 2.05) is 0 Å². The predicted molar refractivity (Wildman–Crippen MR) is 105 cm³/mol. The largest absolute Gasteiger partial charge is 0.371 e. The van der Waals surface area contributed by atoms with E-state index in [9.17, 15) is 9.59 Å². The fourth-order valence-electron chi connectivity index (χ4n) is 3.36. The zero-order valence-corrected chi connectivity index (χ0v) is 17.5. The molecule has 0 aliphatic carbocycles. The summed E-state index contributed by atoms with van der Waals surface area (Å²) in [6.45, 7) is 4.85. The molecule has 29 heavy (non-hydrogen) atoms. The van der Waals surface area contributed by atoms with Crippen molar-refractivity contribution >= 4 is 27.7 Å². The Morgan fingerprint density at radius 1 is 0.759 bits per heavy atom. The molecule has 0 bridgehead atoms. The third-order valence-electron chi connectivity index (χ3n) is 5.34. The second-order valence-corrected chi connectivity index (χ2v) is 8.70. The molecule has 4 unspecified atom stereocenters. The second-order valence-electron chi connectivity index (χ2n) is 7.91. The molecule has 0 aromatic heterocycles. The number of carbonyl (C=O) groups excluding carboxylic acids is 2. The Labute approximate surface area is 177 Å². The topological polar surface area (TPSA) is 90.7 Å². The van der Waals surface area contributed by atoms with Crippen LogP contribution in [0.15, 0.2) is 22.7 Å². The van der Waals surface area contributed by atoms with E-state index < -0.39 is 0 Å².